The van der Waals surface area contributed by atoms with E-state index < -0.39 is 11.8 Å². The average molecular weight is 489 g/mol. The van der Waals surface area contributed by atoms with Crippen molar-refractivity contribution in [2.75, 3.05) is 19.0 Å². The van der Waals surface area contributed by atoms with Crippen molar-refractivity contribution in [1.29, 1.82) is 0 Å². The van der Waals surface area contributed by atoms with Gasteiger partial charge in [-0.1, -0.05) is 54.6 Å². The Kier molecular flexibility index (Phi) is 9.16. The van der Waals surface area contributed by atoms with Gasteiger partial charge in [0.05, 0.1) is 19.4 Å². The number of ether oxygens (including phenoxy) is 2. The largest absolute Gasteiger partial charge is 0.493 e. The first kappa shape index (κ1) is 26.0. The molecule has 36 heavy (non-hydrogen) atoms. The van der Waals surface area contributed by atoms with Crippen molar-refractivity contribution in [3.63, 3.8) is 0 Å². The van der Waals surface area contributed by atoms with Crippen LogP contribution in [0.15, 0.2) is 77.9 Å². The van der Waals surface area contributed by atoms with Gasteiger partial charge in [0.15, 0.2) is 18.1 Å². The molecule has 3 aromatic carbocycles. The van der Waals surface area contributed by atoms with E-state index in [0.29, 0.717) is 17.0 Å². The van der Waals surface area contributed by atoms with E-state index in [4.69, 9.17) is 9.47 Å². The monoisotopic (exact) mass is 488 g/mol. The van der Waals surface area contributed by atoms with Crippen LogP contribution in [0.3, 0.4) is 0 Å². The Balaban J connectivity index is 1.61. The van der Waals surface area contributed by atoms with E-state index in [1.54, 1.807) is 31.2 Å². The lowest BCUT2D eigenvalue weighted by molar-refractivity contribution is -0.139. The quantitative estimate of drug-likeness (QED) is 0.243. The summed E-state index contributed by atoms with van der Waals surface area (Å²) in [6, 6.07) is 21.4. The number of hydrazone groups is 1. The highest BCUT2D eigenvalue weighted by atomic mass is 16.5. The van der Waals surface area contributed by atoms with E-state index in [9.17, 15) is 14.4 Å². The lowest BCUT2D eigenvalue weighted by atomic mass is 10.1. The summed E-state index contributed by atoms with van der Waals surface area (Å²) in [4.78, 5) is 36.8. The molecule has 1 atom stereocenters. The molecule has 3 aromatic rings. The molecule has 0 aliphatic rings. The number of aryl methyl sites for hydroxylation is 1. The van der Waals surface area contributed by atoms with Gasteiger partial charge in [0, 0.05) is 11.3 Å². The molecular weight excluding hydrogens is 460 g/mol. The van der Waals surface area contributed by atoms with Crippen molar-refractivity contribution in [3.8, 4) is 11.5 Å². The van der Waals surface area contributed by atoms with Gasteiger partial charge in [-0.25, -0.2) is 5.43 Å². The molecule has 0 radical (unpaired) electrons. The summed E-state index contributed by atoms with van der Waals surface area (Å²) >= 11 is 0. The van der Waals surface area contributed by atoms with Gasteiger partial charge in [0.25, 0.3) is 5.91 Å². The van der Waals surface area contributed by atoms with Crippen LogP contribution in [0.2, 0.25) is 0 Å². The number of anilines is 1. The molecule has 9 heteroatoms. The molecule has 0 aromatic heterocycles. The third kappa shape index (κ3) is 7.17. The molecule has 0 aliphatic heterocycles. The molecule has 3 rings (SSSR count). The van der Waals surface area contributed by atoms with Crippen molar-refractivity contribution < 1.29 is 23.9 Å². The van der Waals surface area contributed by atoms with Crippen molar-refractivity contribution in [2.24, 2.45) is 5.10 Å². The summed E-state index contributed by atoms with van der Waals surface area (Å²) in [6.45, 7) is 3.39. The van der Waals surface area contributed by atoms with E-state index in [1.807, 2.05) is 55.5 Å². The van der Waals surface area contributed by atoms with Crippen molar-refractivity contribution in [2.45, 2.75) is 19.9 Å². The smallest absolute Gasteiger partial charge is 0.329 e. The SMILES string of the molecule is COc1cccc(/C=N\NC(=O)C(=O)N[C@H](C)c2ccccc2)c1OCC(=O)Nc1ccccc1C. The summed E-state index contributed by atoms with van der Waals surface area (Å²) in [5.74, 6) is -1.45. The molecule has 0 heterocycles. The fourth-order valence-corrected chi connectivity index (χ4v) is 3.29. The summed E-state index contributed by atoms with van der Waals surface area (Å²) in [7, 11) is 1.47. The summed E-state index contributed by atoms with van der Waals surface area (Å²) < 4.78 is 11.1. The average Bonchev–Trinajstić information content (AvgIpc) is 2.89. The predicted molar refractivity (Wildman–Crippen MR) is 137 cm³/mol. The first-order valence-corrected chi connectivity index (χ1v) is 11.2. The van der Waals surface area contributed by atoms with Crippen LogP contribution in [0.1, 0.15) is 29.7 Å². The molecule has 0 fully saturated rings. The van der Waals surface area contributed by atoms with Gasteiger partial charge in [0.2, 0.25) is 0 Å². The van der Waals surface area contributed by atoms with Crippen LogP contribution in [0, 0.1) is 6.92 Å². The van der Waals surface area contributed by atoms with E-state index in [2.05, 4.69) is 21.2 Å². The molecule has 0 saturated carbocycles. The van der Waals surface area contributed by atoms with Crippen LogP contribution < -0.4 is 25.5 Å². The van der Waals surface area contributed by atoms with Crippen LogP contribution in [0.25, 0.3) is 0 Å². The number of nitrogens with zero attached hydrogens (tertiary/aromatic N) is 1. The highest BCUT2D eigenvalue weighted by molar-refractivity contribution is 6.35. The van der Waals surface area contributed by atoms with Crippen LogP contribution >= 0.6 is 0 Å². The minimum Gasteiger partial charge on any atom is -0.493 e. The Labute approximate surface area is 209 Å². The maximum atomic E-state index is 12.4. The van der Waals surface area contributed by atoms with Crippen molar-refractivity contribution in [1.82, 2.24) is 10.7 Å². The number of benzene rings is 3. The summed E-state index contributed by atoms with van der Waals surface area (Å²) in [5.41, 5.74) is 5.12. The first-order valence-electron chi connectivity index (χ1n) is 11.2. The fraction of sp³-hybridized carbons (Fsp3) is 0.185. The second kappa shape index (κ2) is 12.7. The molecule has 0 unspecified atom stereocenters. The summed E-state index contributed by atoms with van der Waals surface area (Å²) in [5, 5.41) is 9.28. The van der Waals surface area contributed by atoms with Gasteiger partial charge in [-0.05, 0) is 43.2 Å². The molecule has 9 nitrogen and oxygen atoms in total. The van der Waals surface area contributed by atoms with Gasteiger partial charge >= 0.3 is 11.8 Å². The van der Waals surface area contributed by atoms with Gasteiger partial charge in [-0.3, -0.25) is 14.4 Å². The Morgan fingerprint density at radius 3 is 2.39 bits per heavy atom. The zero-order valence-corrected chi connectivity index (χ0v) is 20.3. The minimum absolute atomic E-state index is 0.264. The first-order chi connectivity index (χ1) is 17.4. The Bertz CT molecular complexity index is 1240. The van der Waals surface area contributed by atoms with Crippen LogP contribution in [-0.4, -0.2) is 37.7 Å². The van der Waals surface area contributed by atoms with Crippen molar-refractivity contribution >= 4 is 29.6 Å². The number of amides is 3. The van der Waals surface area contributed by atoms with E-state index >= 15 is 0 Å². The predicted octanol–water partition coefficient (Wildman–Crippen LogP) is 3.35. The highest BCUT2D eigenvalue weighted by Crippen LogP contribution is 2.30. The Hall–Kier alpha value is -4.66. The zero-order valence-electron chi connectivity index (χ0n) is 20.3. The second-order valence-corrected chi connectivity index (χ2v) is 7.84. The van der Waals surface area contributed by atoms with Crippen LogP contribution in [0.5, 0.6) is 11.5 Å². The Morgan fingerprint density at radius 2 is 1.67 bits per heavy atom. The number of carbonyl (C=O) groups excluding carboxylic acids is 3. The number of rotatable bonds is 9. The summed E-state index contributed by atoms with van der Waals surface area (Å²) in [6.07, 6.45) is 1.31. The normalized spacial score (nSPS) is 11.4. The highest BCUT2D eigenvalue weighted by Gasteiger charge is 2.17. The van der Waals surface area contributed by atoms with Gasteiger partial charge in [-0.2, -0.15) is 5.10 Å². The molecule has 0 aliphatic carbocycles. The zero-order chi connectivity index (χ0) is 25.9. The lowest BCUT2D eigenvalue weighted by Gasteiger charge is -2.14. The molecule has 3 N–H and O–H groups in total. The number of para-hydroxylation sites is 2. The number of carbonyl (C=O) groups is 3. The minimum atomic E-state index is -0.919. The van der Waals surface area contributed by atoms with Crippen molar-refractivity contribution in [3.05, 3.63) is 89.5 Å². The van der Waals surface area contributed by atoms with Crippen LogP contribution in [0.4, 0.5) is 5.69 Å². The molecule has 0 saturated heterocycles. The number of hydrogen-bond donors (Lipinski definition) is 3. The molecule has 0 bridgehead atoms. The maximum Gasteiger partial charge on any atom is 0.329 e. The fourth-order valence-electron chi connectivity index (χ4n) is 3.29. The topological polar surface area (TPSA) is 118 Å². The Morgan fingerprint density at radius 1 is 0.944 bits per heavy atom. The lowest BCUT2D eigenvalue weighted by Crippen LogP contribution is -2.39. The number of methoxy groups -OCH3 is 1. The van der Waals surface area contributed by atoms with Gasteiger partial charge in [-0.15, -0.1) is 0 Å². The molecular formula is C27H28N4O5. The maximum absolute atomic E-state index is 12.4. The molecule has 0 spiro atoms. The van der Waals surface area contributed by atoms with E-state index in [0.717, 1.165) is 11.1 Å². The third-order valence-corrected chi connectivity index (χ3v) is 5.22. The standard InChI is InChI=1S/C27H28N4O5/c1-18-10-7-8-14-22(18)30-24(32)17-36-25-21(13-9-15-23(25)35-3)16-28-31-27(34)26(33)29-19(2)20-11-5-4-6-12-20/h4-16,19H,17H2,1-3H3,(H,29,33)(H,30,32)(H,31,34)/b28-16-/t19-/m1/s1. The molecule has 186 valence electrons. The second-order valence-electron chi connectivity index (χ2n) is 7.84. The van der Waals surface area contributed by atoms with Gasteiger partial charge < -0.3 is 20.1 Å². The molecule has 3 amide bonds. The number of hydrogen-bond acceptors (Lipinski definition) is 6. The van der Waals surface area contributed by atoms with Crippen LogP contribution in [-0.2, 0) is 14.4 Å². The van der Waals surface area contributed by atoms with Gasteiger partial charge in [0.1, 0.15) is 0 Å². The van der Waals surface area contributed by atoms with E-state index in [-0.39, 0.29) is 24.3 Å². The number of nitrogens with one attached hydrogen (secondary N) is 3. The van der Waals surface area contributed by atoms with E-state index in [1.165, 1.54) is 13.3 Å². The third-order valence-electron chi connectivity index (χ3n) is 5.22.